The Hall–Kier alpha value is -1.14. The Bertz CT molecular complexity index is 566. The first-order valence-corrected chi connectivity index (χ1v) is 7.30. The van der Waals surface area contributed by atoms with Crippen LogP contribution in [0.15, 0.2) is 5.38 Å². The van der Waals surface area contributed by atoms with Gasteiger partial charge in [0, 0.05) is 10.8 Å². The number of ketones is 1. The highest BCUT2D eigenvalue weighted by Crippen LogP contribution is 2.26. The van der Waals surface area contributed by atoms with Crippen LogP contribution in [0.1, 0.15) is 46.8 Å². The molecule has 2 heterocycles. The molecule has 2 rings (SSSR count). The van der Waals surface area contributed by atoms with Crippen LogP contribution < -0.4 is 0 Å². The van der Waals surface area contributed by atoms with Crippen LogP contribution in [-0.4, -0.2) is 20.4 Å². The second-order valence-corrected chi connectivity index (χ2v) is 6.97. The van der Waals surface area contributed by atoms with Crippen molar-refractivity contribution in [2.45, 2.75) is 39.5 Å². The van der Waals surface area contributed by atoms with Crippen molar-refractivity contribution in [3.8, 4) is 0 Å². The van der Waals surface area contributed by atoms with E-state index in [-0.39, 0.29) is 11.2 Å². The third kappa shape index (κ3) is 2.81. The van der Waals surface area contributed by atoms with Crippen molar-refractivity contribution in [2.24, 2.45) is 0 Å². The molecule has 2 aromatic rings. The molecule has 0 aliphatic rings. The Morgan fingerprint density at radius 3 is 2.67 bits per heavy atom. The highest BCUT2D eigenvalue weighted by Gasteiger charge is 2.26. The van der Waals surface area contributed by atoms with Gasteiger partial charge < -0.3 is 0 Å². The monoisotopic (exact) mass is 281 g/mol. The van der Waals surface area contributed by atoms with Gasteiger partial charge in [0.15, 0.2) is 5.78 Å². The number of thiazole rings is 1. The molecule has 0 N–H and O–H groups in total. The van der Waals surface area contributed by atoms with Gasteiger partial charge in [-0.15, -0.1) is 16.4 Å². The van der Waals surface area contributed by atoms with Crippen molar-refractivity contribution in [3.63, 3.8) is 0 Å². The van der Waals surface area contributed by atoms with Gasteiger partial charge in [-0.25, -0.2) is 4.98 Å². The maximum Gasteiger partial charge on any atom is 0.182 e. The molecule has 0 spiro atoms. The van der Waals surface area contributed by atoms with E-state index in [1.54, 1.807) is 11.3 Å². The van der Waals surface area contributed by atoms with E-state index in [1.807, 2.05) is 33.1 Å². The predicted octanol–water partition coefficient (Wildman–Crippen LogP) is 3.03. The summed E-state index contributed by atoms with van der Waals surface area (Å²) in [5.74, 6) is 0.0558. The fraction of sp³-hybridized carbons (Fsp3) is 0.500. The molecule has 0 fully saturated rings. The van der Waals surface area contributed by atoms with Crippen molar-refractivity contribution >= 4 is 28.7 Å². The normalized spacial score (nSPS) is 11.8. The van der Waals surface area contributed by atoms with Crippen molar-refractivity contribution in [1.29, 1.82) is 0 Å². The van der Waals surface area contributed by atoms with Crippen LogP contribution in [0.3, 0.4) is 0 Å². The van der Waals surface area contributed by atoms with Gasteiger partial charge in [-0.3, -0.25) is 4.79 Å². The quantitative estimate of drug-likeness (QED) is 0.811. The van der Waals surface area contributed by atoms with Crippen molar-refractivity contribution in [2.75, 3.05) is 0 Å². The van der Waals surface area contributed by atoms with E-state index in [0.717, 1.165) is 16.4 Å². The Morgan fingerprint density at radius 1 is 1.39 bits per heavy atom. The first-order chi connectivity index (χ1) is 8.38. The molecule has 0 amide bonds. The van der Waals surface area contributed by atoms with E-state index in [2.05, 4.69) is 14.6 Å². The van der Waals surface area contributed by atoms with Gasteiger partial charge in [-0.05, 0) is 18.5 Å². The fourth-order valence-electron chi connectivity index (χ4n) is 1.60. The van der Waals surface area contributed by atoms with Crippen LogP contribution in [0.4, 0.5) is 0 Å². The summed E-state index contributed by atoms with van der Waals surface area (Å²) in [5.41, 5.74) is 1.45. The largest absolute Gasteiger partial charge is 0.293 e. The average Bonchev–Trinajstić information content (AvgIpc) is 2.85. The van der Waals surface area contributed by atoms with Gasteiger partial charge in [0.25, 0.3) is 0 Å². The lowest BCUT2D eigenvalue weighted by Crippen LogP contribution is -2.17. The number of nitrogens with zero attached hydrogens (tertiary/aromatic N) is 3. The fourth-order valence-corrected chi connectivity index (χ4v) is 3.02. The summed E-state index contributed by atoms with van der Waals surface area (Å²) in [7, 11) is 0. The molecule has 0 radical (unpaired) electrons. The molecule has 0 unspecified atom stereocenters. The maximum atomic E-state index is 12.2. The standard InChI is InChI=1S/C12H15N3OS2/c1-7-13-8(6-17-7)5-9(16)10-11(12(2,3)4)14-15-18-10/h6H,5H2,1-4H3. The molecular formula is C12H15N3OS2. The Labute approximate surface area is 114 Å². The van der Waals surface area contributed by atoms with Gasteiger partial charge in [-0.2, -0.15) is 0 Å². The van der Waals surface area contributed by atoms with Gasteiger partial charge in [0.1, 0.15) is 4.88 Å². The minimum absolute atomic E-state index is 0.0558. The molecule has 0 saturated carbocycles. The molecular weight excluding hydrogens is 266 g/mol. The van der Waals surface area contributed by atoms with Gasteiger partial charge >= 0.3 is 0 Å². The van der Waals surface area contributed by atoms with Crippen LogP contribution in [0.5, 0.6) is 0 Å². The zero-order chi connectivity index (χ0) is 13.3. The molecule has 96 valence electrons. The summed E-state index contributed by atoms with van der Waals surface area (Å²) >= 11 is 2.74. The minimum Gasteiger partial charge on any atom is -0.293 e. The van der Waals surface area contributed by atoms with Gasteiger partial charge in [0.2, 0.25) is 0 Å². The minimum atomic E-state index is -0.157. The molecule has 2 aromatic heterocycles. The zero-order valence-electron chi connectivity index (χ0n) is 10.9. The highest BCUT2D eigenvalue weighted by molar-refractivity contribution is 7.09. The molecule has 0 bridgehead atoms. The first-order valence-electron chi connectivity index (χ1n) is 5.65. The number of hydrogen-bond donors (Lipinski definition) is 0. The Kier molecular flexibility index (Phi) is 3.59. The Morgan fingerprint density at radius 2 is 2.11 bits per heavy atom. The molecule has 4 nitrogen and oxygen atoms in total. The maximum absolute atomic E-state index is 12.2. The van der Waals surface area contributed by atoms with E-state index in [0.29, 0.717) is 11.3 Å². The first kappa shape index (κ1) is 13.3. The SMILES string of the molecule is Cc1nc(CC(=O)c2snnc2C(C)(C)C)cs1. The lowest BCUT2D eigenvalue weighted by Gasteiger charge is -2.15. The molecule has 0 aliphatic heterocycles. The van der Waals surface area contributed by atoms with Crippen LogP contribution in [0.25, 0.3) is 0 Å². The summed E-state index contributed by atoms with van der Waals surface area (Å²) in [4.78, 5) is 17.2. The van der Waals surface area contributed by atoms with Crippen LogP contribution >= 0.6 is 22.9 Å². The van der Waals surface area contributed by atoms with E-state index in [4.69, 9.17) is 0 Å². The Balaban J connectivity index is 2.22. The third-order valence-corrected chi connectivity index (χ3v) is 4.05. The molecule has 6 heteroatoms. The molecule has 0 aliphatic carbocycles. The lowest BCUT2D eigenvalue weighted by molar-refractivity contribution is 0.0993. The van der Waals surface area contributed by atoms with Gasteiger partial charge in [0.05, 0.1) is 22.8 Å². The van der Waals surface area contributed by atoms with Crippen LogP contribution in [-0.2, 0) is 11.8 Å². The van der Waals surface area contributed by atoms with Crippen LogP contribution in [0, 0.1) is 6.92 Å². The lowest BCUT2D eigenvalue weighted by atomic mass is 9.90. The smallest absolute Gasteiger partial charge is 0.182 e. The van der Waals surface area contributed by atoms with E-state index in [9.17, 15) is 4.79 Å². The number of carbonyl (C=O) groups is 1. The average molecular weight is 281 g/mol. The van der Waals surface area contributed by atoms with Crippen molar-refractivity contribution in [3.05, 3.63) is 26.7 Å². The number of aryl methyl sites for hydroxylation is 1. The van der Waals surface area contributed by atoms with Crippen molar-refractivity contribution in [1.82, 2.24) is 14.6 Å². The van der Waals surface area contributed by atoms with E-state index < -0.39 is 0 Å². The predicted molar refractivity (Wildman–Crippen MR) is 73.5 cm³/mol. The molecule has 0 saturated heterocycles. The van der Waals surface area contributed by atoms with Gasteiger partial charge in [-0.1, -0.05) is 25.3 Å². The summed E-state index contributed by atoms with van der Waals surface area (Å²) in [5, 5.41) is 7.00. The number of aromatic nitrogens is 3. The number of rotatable bonds is 3. The van der Waals surface area contributed by atoms with E-state index >= 15 is 0 Å². The number of hydrogen-bond acceptors (Lipinski definition) is 6. The summed E-state index contributed by atoms with van der Waals surface area (Å²) in [6, 6.07) is 0. The third-order valence-electron chi connectivity index (χ3n) is 2.46. The summed E-state index contributed by atoms with van der Waals surface area (Å²) < 4.78 is 3.91. The highest BCUT2D eigenvalue weighted by atomic mass is 32.1. The molecule has 0 aromatic carbocycles. The number of carbonyl (C=O) groups excluding carboxylic acids is 1. The van der Waals surface area contributed by atoms with E-state index in [1.165, 1.54) is 11.5 Å². The van der Waals surface area contributed by atoms with Crippen LogP contribution in [0.2, 0.25) is 0 Å². The molecule has 0 atom stereocenters. The second-order valence-electron chi connectivity index (χ2n) is 5.16. The zero-order valence-corrected chi connectivity index (χ0v) is 12.5. The number of Topliss-reactive ketones (excluding diaryl/α,β-unsaturated/α-hetero) is 1. The summed E-state index contributed by atoms with van der Waals surface area (Å²) in [6.07, 6.45) is 0.331. The molecule has 18 heavy (non-hydrogen) atoms. The van der Waals surface area contributed by atoms with Crippen molar-refractivity contribution < 1.29 is 4.79 Å². The topological polar surface area (TPSA) is 55.7 Å². The summed E-state index contributed by atoms with van der Waals surface area (Å²) in [6.45, 7) is 8.04. The second kappa shape index (κ2) is 4.85.